The fraction of sp³-hybridized carbons (Fsp3) is 0.407. The van der Waals surface area contributed by atoms with E-state index < -0.39 is 16.1 Å². The number of benzene rings is 2. The number of carbonyl (C=O) groups is 1. The molecule has 1 aromatic heterocycles. The summed E-state index contributed by atoms with van der Waals surface area (Å²) in [5, 5.41) is 4.05. The van der Waals surface area contributed by atoms with E-state index in [1.54, 1.807) is 6.07 Å². The number of pyridine rings is 1. The van der Waals surface area contributed by atoms with E-state index in [0.717, 1.165) is 29.5 Å². The molecule has 2 aromatic carbocycles. The number of fused-ring (bicyclic) bond motifs is 1. The van der Waals surface area contributed by atoms with Crippen molar-refractivity contribution in [3.63, 3.8) is 0 Å². The summed E-state index contributed by atoms with van der Waals surface area (Å²) in [4.78, 5) is 17.3. The van der Waals surface area contributed by atoms with Crippen molar-refractivity contribution in [1.29, 1.82) is 0 Å². The van der Waals surface area contributed by atoms with Crippen LogP contribution < -0.4 is 15.8 Å². The summed E-state index contributed by atoms with van der Waals surface area (Å²) in [5.41, 5.74) is 8.49. The van der Waals surface area contributed by atoms with Crippen LogP contribution in [0.2, 0.25) is 10.0 Å². The van der Waals surface area contributed by atoms with E-state index in [1.807, 2.05) is 32.0 Å². The third kappa shape index (κ3) is 5.92. The number of sulfonamides is 1. The average molecular weight is 580 g/mol. The summed E-state index contributed by atoms with van der Waals surface area (Å²) >= 11 is 13.1. The minimum Gasteiger partial charge on any atom is -0.487 e. The zero-order chi connectivity index (χ0) is 27.4. The molecule has 2 heterocycles. The molecule has 3 aromatic rings. The second-order valence-corrected chi connectivity index (χ2v) is 12.1. The van der Waals surface area contributed by atoms with Gasteiger partial charge in [0.1, 0.15) is 28.8 Å². The highest BCUT2D eigenvalue weighted by Crippen LogP contribution is 2.36. The molecule has 3 N–H and O–H groups in total. The van der Waals surface area contributed by atoms with E-state index in [-0.39, 0.29) is 34.0 Å². The van der Waals surface area contributed by atoms with E-state index >= 15 is 0 Å². The molecule has 8 nitrogen and oxygen atoms in total. The highest BCUT2D eigenvalue weighted by Gasteiger charge is 2.40. The molecule has 0 aliphatic carbocycles. The number of carbonyl (C=O) groups excluding carboxylic acids is 1. The van der Waals surface area contributed by atoms with Crippen LogP contribution in [0.3, 0.4) is 0 Å². The number of halogens is 2. The maximum absolute atomic E-state index is 13.7. The first-order valence-corrected chi connectivity index (χ1v) is 14.8. The average Bonchev–Trinajstić information content (AvgIpc) is 3.38. The van der Waals surface area contributed by atoms with E-state index in [2.05, 4.69) is 10.3 Å². The summed E-state index contributed by atoms with van der Waals surface area (Å²) in [5.74, 6) is 0.228. The maximum Gasteiger partial charge on any atom is 0.245 e. The lowest BCUT2D eigenvalue weighted by Gasteiger charge is -2.24. The van der Waals surface area contributed by atoms with Gasteiger partial charge in [-0.25, -0.2) is 13.4 Å². The topological polar surface area (TPSA) is 115 Å². The van der Waals surface area contributed by atoms with Gasteiger partial charge in [0.15, 0.2) is 0 Å². The molecule has 0 spiro atoms. The van der Waals surface area contributed by atoms with Crippen LogP contribution in [-0.4, -0.2) is 49.3 Å². The zero-order valence-corrected chi connectivity index (χ0v) is 23.8. The van der Waals surface area contributed by atoms with Crippen LogP contribution in [0.1, 0.15) is 42.5 Å². The van der Waals surface area contributed by atoms with Crippen LogP contribution >= 0.6 is 23.2 Å². The number of aromatic nitrogens is 1. The Kier molecular flexibility index (Phi) is 9.15. The summed E-state index contributed by atoms with van der Waals surface area (Å²) in [6, 6.07) is 9.73. The SMILES string of the molecule is Cc1cc(C)c2cccc(OCc3c(Cl)ccc(S(=O)(=O)N4CCC[C@H]4C(=O)NCCCCN)c3Cl)c2n1. The molecule has 0 bridgehead atoms. The Balaban J connectivity index is 1.59. The van der Waals surface area contributed by atoms with Crippen molar-refractivity contribution in [3.8, 4) is 5.75 Å². The molecule has 1 amide bonds. The zero-order valence-electron chi connectivity index (χ0n) is 21.5. The molecule has 11 heteroatoms. The van der Waals surface area contributed by atoms with Gasteiger partial charge in [-0.2, -0.15) is 4.31 Å². The number of amides is 1. The van der Waals surface area contributed by atoms with Crippen molar-refractivity contribution in [2.24, 2.45) is 5.73 Å². The number of hydrogen-bond acceptors (Lipinski definition) is 6. The molecule has 204 valence electrons. The lowest BCUT2D eigenvalue weighted by molar-refractivity contribution is -0.124. The molecule has 0 unspecified atom stereocenters. The van der Waals surface area contributed by atoms with Gasteiger partial charge in [0.25, 0.3) is 0 Å². The van der Waals surface area contributed by atoms with Gasteiger partial charge >= 0.3 is 0 Å². The number of nitrogens with one attached hydrogen (secondary N) is 1. The van der Waals surface area contributed by atoms with E-state index in [0.29, 0.717) is 42.8 Å². The molecule has 1 aliphatic heterocycles. The van der Waals surface area contributed by atoms with Gasteiger partial charge in [-0.15, -0.1) is 0 Å². The predicted octanol–water partition coefficient (Wildman–Crippen LogP) is 4.75. The number of unbranched alkanes of at least 4 members (excludes halogenated alkanes) is 1. The highest BCUT2D eigenvalue weighted by molar-refractivity contribution is 7.89. The van der Waals surface area contributed by atoms with Crippen molar-refractivity contribution in [2.45, 2.75) is 57.1 Å². The lowest BCUT2D eigenvalue weighted by Crippen LogP contribution is -2.46. The smallest absolute Gasteiger partial charge is 0.245 e. The molecule has 1 fully saturated rings. The van der Waals surface area contributed by atoms with Gasteiger partial charge in [0, 0.05) is 34.8 Å². The van der Waals surface area contributed by atoms with E-state index in [4.69, 9.17) is 33.7 Å². The number of ether oxygens (including phenoxy) is 1. The summed E-state index contributed by atoms with van der Waals surface area (Å²) in [7, 11) is -4.07. The van der Waals surface area contributed by atoms with Crippen molar-refractivity contribution < 1.29 is 17.9 Å². The molecule has 4 rings (SSSR count). The van der Waals surface area contributed by atoms with Gasteiger partial charge in [-0.05, 0) is 75.9 Å². The van der Waals surface area contributed by atoms with Gasteiger partial charge < -0.3 is 15.8 Å². The van der Waals surface area contributed by atoms with E-state index in [9.17, 15) is 13.2 Å². The van der Waals surface area contributed by atoms with Crippen molar-refractivity contribution in [1.82, 2.24) is 14.6 Å². The highest BCUT2D eigenvalue weighted by atomic mass is 35.5. The quantitative estimate of drug-likeness (QED) is 0.335. The fourth-order valence-electron chi connectivity index (χ4n) is 4.74. The number of para-hydroxylation sites is 1. The molecule has 1 aliphatic rings. The third-order valence-corrected chi connectivity index (χ3v) is 9.53. The van der Waals surface area contributed by atoms with Crippen LogP contribution in [0.15, 0.2) is 41.3 Å². The second-order valence-electron chi connectivity index (χ2n) is 9.42. The summed E-state index contributed by atoms with van der Waals surface area (Å²) in [6.45, 7) is 5.09. The van der Waals surface area contributed by atoms with Gasteiger partial charge in [-0.1, -0.05) is 35.3 Å². The number of nitrogens with zero attached hydrogens (tertiary/aromatic N) is 2. The van der Waals surface area contributed by atoms with Crippen LogP contribution in [0.25, 0.3) is 10.9 Å². The Hall–Kier alpha value is -2.43. The largest absolute Gasteiger partial charge is 0.487 e. The van der Waals surface area contributed by atoms with Gasteiger partial charge in [0.05, 0.1) is 5.02 Å². The number of hydrogen-bond donors (Lipinski definition) is 2. The maximum atomic E-state index is 13.7. The Morgan fingerprint density at radius 2 is 2.00 bits per heavy atom. The monoisotopic (exact) mass is 578 g/mol. The normalized spacial score (nSPS) is 16.2. The van der Waals surface area contributed by atoms with Crippen LogP contribution in [0.4, 0.5) is 0 Å². The first-order valence-electron chi connectivity index (χ1n) is 12.6. The Bertz CT molecular complexity index is 1450. The van der Waals surface area contributed by atoms with Gasteiger partial charge in [-0.3, -0.25) is 4.79 Å². The number of rotatable bonds is 10. The minimum absolute atomic E-state index is 0.0212. The van der Waals surface area contributed by atoms with Crippen LogP contribution in [0.5, 0.6) is 5.75 Å². The molecular formula is C27H32Cl2N4O4S. The molecule has 1 saturated heterocycles. The van der Waals surface area contributed by atoms with Gasteiger partial charge in [0.2, 0.25) is 15.9 Å². The van der Waals surface area contributed by atoms with Crippen LogP contribution in [0, 0.1) is 13.8 Å². The Morgan fingerprint density at radius 3 is 2.76 bits per heavy atom. The fourth-order valence-corrected chi connectivity index (χ4v) is 7.26. The molecule has 0 radical (unpaired) electrons. The molecule has 38 heavy (non-hydrogen) atoms. The summed E-state index contributed by atoms with van der Waals surface area (Å²) in [6.07, 6.45) is 2.54. The molecule has 1 atom stereocenters. The minimum atomic E-state index is -4.07. The van der Waals surface area contributed by atoms with Crippen LogP contribution in [-0.2, 0) is 21.4 Å². The lowest BCUT2D eigenvalue weighted by atomic mass is 10.1. The Labute approximate surface area is 233 Å². The van der Waals surface area contributed by atoms with Crippen molar-refractivity contribution in [2.75, 3.05) is 19.6 Å². The molecular weight excluding hydrogens is 547 g/mol. The summed E-state index contributed by atoms with van der Waals surface area (Å²) < 4.78 is 34.7. The van der Waals surface area contributed by atoms with E-state index in [1.165, 1.54) is 16.4 Å². The second kappa shape index (κ2) is 12.2. The predicted molar refractivity (Wildman–Crippen MR) is 150 cm³/mol. The van der Waals surface area contributed by atoms with Crippen molar-refractivity contribution in [3.05, 3.63) is 63.3 Å². The standard InChI is InChI=1S/C27H32Cl2N4O4S/c1-17-15-18(2)32-26-19(17)7-5-9-23(26)37-16-20-21(28)10-11-24(25(20)29)38(35,36)33-14-6-8-22(33)27(34)31-13-4-3-12-30/h5,7,9-11,15,22H,3-4,6,8,12-14,16,30H2,1-2H3,(H,31,34)/t22-/m0/s1. The first-order chi connectivity index (χ1) is 18.1. The number of nitrogens with two attached hydrogens (primary N) is 1. The third-order valence-electron chi connectivity index (χ3n) is 6.68. The molecule has 0 saturated carbocycles. The Morgan fingerprint density at radius 1 is 1.21 bits per heavy atom. The first kappa shape index (κ1) is 28.6. The number of aryl methyl sites for hydroxylation is 2. The van der Waals surface area contributed by atoms with Crippen molar-refractivity contribution >= 4 is 50.0 Å².